The summed E-state index contributed by atoms with van der Waals surface area (Å²) in [4.78, 5) is 34.3. The van der Waals surface area contributed by atoms with Crippen molar-refractivity contribution in [2.24, 2.45) is 5.92 Å². The Hall–Kier alpha value is -2.88. The van der Waals surface area contributed by atoms with Crippen molar-refractivity contribution in [3.8, 4) is 5.88 Å². The van der Waals surface area contributed by atoms with E-state index < -0.39 is 12.8 Å². The molecule has 3 heterocycles. The van der Waals surface area contributed by atoms with E-state index in [1.54, 1.807) is 23.4 Å². The maximum Gasteiger partial charge on any atom is 0.422 e. The van der Waals surface area contributed by atoms with E-state index >= 15 is 0 Å². The Balaban J connectivity index is 1.50. The highest BCUT2D eigenvalue weighted by molar-refractivity contribution is 6.32. The van der Waals surface area contributed by atoms with Gasteiger partial charge < -0.3 is 15.0 Å². The third kappa shape index (κ3) is 6.55. The molecule has 2 amide bonds. The molecule has 0 radical (unpaired) electrons. The van der Waals surface area contributed by atoms with Crippen LogP contribution in [0.5, 0.6) is 5.88 Å². The molecule has 0 saturated carbocycles. The number of rotatable bonds is 6. The highest BCUT2D eigenvalue weighted by atomic mass is 35.5. The van der Waals surface area contributed by atoms with E-state index in [9.17, 15) is 22.8 Å². The summed E-state index contributed by atoms with van der Waals surface area (Å²) in [6.07, 6.45) is 0.946. The standard InChI is InChI=1S/C20H20ClF3N4O3/c21-16-8-15(11-27-18(16)31-12-20(22,23)24)19(30)28-6-3-14(4-7-28)17(29)26-10-13-2-1-5-25-9-13/h1-2,5,8-9,11,14H,3-4,6-7,10,12H2,(H,26,29). The quantitative estimate of drug-likeness (QED) is 0.721. The van der Waals surface area contributed by atoms with Gasteiger partial charge in [-0.15, -0.1) is 0 Å². The van der Waals surface area contributed by atoms with Gasteiger partial charge >= 0.3 is 6.18 Å². The number of nitrogens with zero attached hydrogens (tertiary/aromatic N) is 3. The van der Waals surface area contributed by atoms with E-state index in [1.165, 1.54) is 6.07 Å². The highest BCUT2D eigenvalue weighted by Gasteiger charge is 2.30. The Labute approximate surface area is 181 Å². The van der Waals surface area contributed by atoms with Crippen LogP contribution in [0.3, 0.4) is 0 Å². The topological polar surface area (TPSA) is 84.4 Å². The van der Waals surface area contributed by atoms with Crippen LogP contribution < -0.4 is 10.1 Å². The number of pyridine rings is 2. The molecule has 1 aliphatic heterocycles. The number of aromatic nitrogens is 2. The highest BCUT2D eigenvalue weighted by Crippen LogP contribution is 2.26. The van der Waals surface area contributed by atoms with Crippen LogP contribution in [0, 0.1) is 5.92 Å². The minimum absolute atomic E-state index is 0.0770. The monoisotopic (exact) mass is 456 g/mol. The Morgan fingerprint density at radius 2 is 2.00 bits per heavy atom. The number of hydrogen-bond acceptors (Lipinski definition) is 5. The van der Waals surface area contributed by atoms with E-state index in [0.717, 1.165) is 11.8 Å². The molecular formula is C20H20ClF3N4O3. The summed E-state index contributed by atoms with van der Waals surface area (Å²) in [5, 5.41) is 2.70. The number of piperidine rings is 1. The van der Waals surface area contributed by atoms with Crippen LogP contribution in [0.4, 0.5) is 13.2 Å². The number of hydrogen-bond donors (Lipinski definition) is 1. The second-order valence-electron chi connectivity index (χ2n) is 7.06. The van der Waals surface area contributed by atoms with Gasteiger partial charge in [0.25, 0.3) is 5.91 Å². The number of nitrogens with one attached hydrogen (secondary N) is 1. The largest absolute Gasteiger partial charge is 0.467 e. The number of carbonyl (C=O) groups is 2. The Bertz CT molecular complexity index is 920. The lowest BCUT2D eigenvalue weighted by molar-refractivity contribution is -0.154. The zero-order chi connectivity index (χ0) is 22.4. The molecular weight excluding hydrogens is 437 g/mol. The number of likely N-dealkylation sites (tertiary alicyclic amines) is 1. The molecule has 1 N–H and O–H groups in total. The van der Waals surface area contributed by atoms with Crippen LogP contribution in [0.25, 0.3) is 0 Å². The molecule has 1 fully saturated rings. The van der Waals surface area contributed by atoms with Crippen molar-refractivity contribution in [3.05, 3.63) is 52.9 Å². The maximum absolute atomic E-state index is 12.7. The molecule has 1 aliphatic rings. The summed E-state index contributed by atoms with van der Waals surface area (Å²) < 4.78 is 41.3. The van der Waals surface area contributed by atoms with Crippen molar-refractivity contribution >= 4 is 23.4 Å². The van der Waals surface area contributed by atoms with E-state index in [-0.39, 0.29) is 34.2 Å². The first kappa shape index (κ1) is 22.8. The molecule has 1 saturated heterocycles. The van der Waals surface area contributed by atoms with Crippen LogP contribution in [-0.2, 0) is 11.3 Å². The molecule has 0 atom stereocenters. The van der Waals surface area contributed by atoms with Gasteiger partial charge in [0.1, 0.15) is 5.02 Å². The summed E-state index contributed by atoms with van der Waals surface area (Å²) >= 11 is 5.91. The summed E-state index contributed by atoms with van der Waals surface area (Å²) in [6.45, 7) is -0.399. The number of carbonyl (C=O) groups excluding carboxylic acids is 2. The van der Waals surface area contributed by atoms with Crippen LogP contribution in [0.1, 0.15) is 28.8 Å². The molecule has 0 bridgehead atoms. The number of alkyl halides is 3. The minimum atomic E-state index is -4.52. The zero-order valence-electron chi connectivity index (χ0n) is 16.4. The average Bonchev–Trinajstić information content (AvgIpc) is 2.76. The number of amides is 2. The lowest BCUT2D eigenvalue weighted by Gasteiger charge is -2.31. The molecule has 7 nitrogen and oxygen atoms in total. The molecule has 31 heavy (non-hydrogen) atoms. The fraction of sp³-hybridized carbons (Fsp3) is 0.400. The predicted molar refractivity (Wildman–Crippen MR) is 106 cm³/mol. The predicted octanol–water partition coefficient (Wildman–Crippen LogP) is 3.24. The van der Waals surface area contributed by atoms with Gasteiger partial charge in [-0.25, -0.2) is 4.98 Å². The number of ether oxygens (including phenoxy) is 1. The smallest absolute Gasteiger partial charge is 0.422 e. The maximum atomic E-state index is 12.7. The lowest BCUT2D eigenvalue weighted by Crippen LogP contribution is -2.43. The Morgan fingerprint density at radius 1 is 1.26 bits per heavy atom. The van der Waals surface area contributed by atoms with Crippen LogP contribution in [0.15, 0.2) is 36.8 Å². The van der Waals surface area contributed by atoms with Gasteiger partial charge in [0, 0.05) is 44.1 Å². The molecule has 3 rings (SSSR count). The van der Waals surface area contributed by atoms with Gasteiger partial charge in [-0.2, -0.15) is 13.2 Å². The van der Waals surface area contributed by atoms with Gasteiger partial charge in [0.05, 0.1) is 5.56 Å². The van der Waals surface area contributed by atoms with Crippen molar-refractivity contribution in [1.82, 2.24) is 20.2 Å². The molecule has 2 aromatic heterocycles. The molecule has 0 aliphatic carbocycles. The van der Waals surface area contributed by atoms with Crippen LogP contribution in [0.2, 0.25) is 5.02 Å². The van der Waals surface area contributed by atoms with E-state index in [1.807, 2.05) is 6.07 Å². The van der Waals surface area contributed by atoms with Gasteiger partial charge in [0.2, 0.25) is 11.8 Å². The Morgan fingerprint density at radius 3 is 2.61 bits per heavy atom. The molecule has 2 aromatic rings. The van der Waals surface area contributed by atoms with Crippen molar-refractivity contribution in [3.63, 3.8) is 0 Å². The fourth-order valence-electron chi connectivity index (χ4n) is 3.16. The van der Waals surface area contributed by atoms with Gasteiger partial charge in [0.15, 0.2) is 6.61 Å². The summed E-state index contributed by atoms with van der Waals surface area (Å²) in [7, 11) is 0. The average molecular weight is 457 g/mol. The zero-order valence-corrected chi connectivity index (χ0v) is 17.1. The third-order valence-corrected chi connectivity index (χ3v) is 5.04. The summed E-state index contributed by atoms with van der Waals surface area (Å²) in [6, 6.07) is 4.89. The van der Waals surface area contributed by atoms with Crippen molar-refractivity contribution in [2.45, 2.75) is 25.6 Å². The van der Waals surface area contributed by atoms with E-state index in [2.05, 4.69) is 20.0 Å². The second-order valence-corrected chi connectivity index (χ2v) is 7.47. The molecule has 0 aromatic carbocycles. The first-order valence-electron chi connectivity index (χ1n) is 9.54. The van der Waals surface area contributed by atoms with Gasteiger partial charge in [-0.3, -0.25) is 14.6 Å². The van der Waals surface area contributed by atoms with Crippen LogP contribution in [-0.4, -0.2) is 52.6 Å². The normalized spacial score (nSPS) is 14.9. The first-order valence-corrected chi connectivity index (χ1v) is 9.92. The van der Waals surface area contributed by atoms with Crippen molar-refractivity contribution in [2.75, 3.05) is 19.7 Å². The van der Waals surface area contributed by atoms with Crippen molar-refractivity contribution in [1.29, 1.82) is 0 Å². The minimum Gasteiger partial charge on any atom is -0.467 e. The number of halogens is 4. The fourth-order valence-corrected chi connectivity index (χ4v) is 3.38. The molecule has 0 spiro atoms. The van der Waals surface area contributed by atoms with E-state index in [4.69, 9.17) is 11.6 Å². The van der Waals surface area contributed by atoms with Gasteiger partial charge in [-0.1, -0.05) is 17.7 Å². The van der Waals surface area contributed by atoms with Crippen molar-refractivity contribution < 1.29 is 27.5 Å². The van der Waals surface area contributed by atoms with E-state index in [0.29, 0.717) is 32.5 Å². The SMILES string of the molecule is O=C(NCc1cccnc1)C1CCN(C(=O)c2cnc(OCC(F)(F)F)c(Cl)c2)CC1. The van der Waals surface area contributed by atoms with Crippen LogP contribution >= 0.6 is 11.6 Å². The molecule has 11 heteroatoms. The van der Waals surface area contributed by atoms with Gasteiger partial charge in [-0.05, 0) is 30.5 Å². The molecule has 0 unspecified atom stereocenters. The summed E-state index contributed by atoms with van der Waals surface area (Å²) in [5.41, 5.74) is 1.04. The third-order valence-electron chi connectivity index (χ3n) is 4.77. The molecule has 166 valence electrons. The first-order chi connectivity index (χ1) is 14.7. The Kier molecular flexibility index (Phi) is 7.32. The summed E-state index contributed by atoms with van der Waals surface area (Å²) in [5.74, 6) is -1.03. The second kappa shape index (κ2) is 9.95. The lowest BCUT2D eigenvalue weighted by atomic mass is 9.95.